The van der Waals surface area contributed by atoms with Crippen molar-refractivity contribution in [1.29, 1.82) is 0 Å². The summed E-state index contributed by atoms with van der Waals surface area (Å²) in [7, 11) is 0. The topological polar surface area (TPSA) is 13.1 Å². The van der Waals surface area contributed by atoms with Crippen LogP contribution in [0.15, 0.2) is 199 Å². The Bertz CT molecular complexity index is 3160. The van der Waals surface area contributed by atoms with Crippen LogP contribution in [0, 0.1) is 0 Å². The summed E-state index contributed by atoms with van der Waals surface area (Å²) in [6.45, 7) is 0. The lowest BCUT2D eigenvalue weighted by Gasteiger charge is -2.21. The van der Waals surface area contributed by atoms with Gasteiger partial charge in [0.25, 0.3) is 0 Å². The number of rotatable bonds is 4. The van der Waals surface area contributed by atoms with Gasteiger partial charge in [0.15, 0.2) is 0 Å². The highest BCUT2D eigenvalue weighted by Crippen LogP contribution is 2.48. The van der Waals surface area contributed by atoms with E-state index in [2.05, 4.69) is 188 Å². The summed E-state index contributed by atoms with van der Waals surface area (Å²) in [6, 6.07) is 70.5. The first-order valence-electron chi connectivity index (χ1n) is 18.3. The fourth-order valence-electron chi connectivity index (χ4n) is 8.86. The first kappa shape index (κ1) is 29.7. The summed E-state index contributed by atoms with van der Waals surface area (Å²) in [5.41, 5.74) is 11.8. The van der Waals surface area contributed by atoms with Crippen molar-refractivity contribution >= 4 is 65.0 Å². The van der Waals surface area contributed by atoms with Crippen molar-refractivity contribution in [1.82, 2.24) is 0 Å². The second-order valence-electron chi connectivity index (χ2n) is 13.9. The zero-order valence-corrected chi connectivity index (χ0v) is 28.9. The largest absolute Gasteiger partial charge is 0.456 e. The first-order chi connectivity index (χ1) is 26.3. The summed E-state index contributed by atoms with van der Waals surface area (Å²) in [6.07, 6.45) is 0. The van der Waals surface area contributed by atoms with Crippen molar-refractivity contribution in [3.05, 3.63) is 194 Å². The van der Waals surface area contributed by atoms with E-state index in [0.29, 0.717) is 0 Å². The maximum atomic E-state index is 6.28. The third-order valence-corrected chi connectivity index (χ3v) is 11.1. The van der Waals surface area contributed by atoms with Gasteiger partial charge in [0, 0.05) is 10.8 Å². The van der Waals surface area contributed by atoms with Gasteiger partial charge in [-0.1, -0.05) is 182 Å². The highest BCUT2D eigenvalue weighted by molar-refractivity contribution is 6.26. The van der Waals surface area contributed by atoms with Gasteiger partial charge < -0.3 is 4.42 Å². The quantitative estimate of drug-likeness (QED) is 0.170. The monoisotopic (exact) mass is 672 g/mol. The number of fused-ring (bicyclic) bond motifs is 8. The molecule has 0 spiro atoms. The molecule has 11 rings (SSSR count). The smallest absolute Gasteiger partial charge is 0.136 e. The maximum absolute atomic E-state index is 6.28. The molecular weight excluding hydrogens is 641 g/mol. The average Bonchev–Trinajstić information content (AvgIpc) is 3.62. The van der Waals surface area contributed by atoms with E-state index in [4.69, 9.17) is 4.42 Å². The molecule has 0 unspecified atom stereocenters. The Morgan fingerprint density at radius 1 is 0.226 bits per heavy atom. The molecule has 0 saturated heterocycles. The van der Waals surface area contributed by atoms with E-state index in [0.717, 1.165) is 16.6 Å². The van der Waals surface area contributed by atoms with Crippen LogP contribution in [-0.4, -0.2) is 0 Å². The van der Waals surface area contributed by atoms with E-state index in [9.17, 15) is 0 Å². The predicted octanol–water partition coefficient (Wildman–Crippen LogP) is 14.9. The number of benzene rings is 10. The highest BCUT2D eigenvalue weighted by Gasteiger charge is 2.21. The summed E-state index contributed by atoms with van der Waals surface area (Å²) in [5.74, 6) is 0. The van der Waals surface area contributed by atoms with Crippen molar-refractivity contribution in [3.8, 4) is 44.5 Å². The highest BCUT2D eigenvalue weighted by atomic mass is 16.3. The number of furan rings is 1. The van der Waals surface area contributed by atoms with Crippen LogP contribution in [0.2, 0.25) is 0 Å². The molecule has 10 aromatic carbocycles. The minimum absolute atomic E-state index is 0.921. The molecule has 0 bridgehead atoms. The van der Waals surface area contributed by atoms with E-state index < -0.39 is 0 Å². The molecule has 1 heterocycles. The average molecular weight is 673 g/mol. The fraction of sp³-hybridized carbons (Fsp3) is 0. The second-order valence-corrected chi connectivity index (χ2v) is 13.9. The summed E-state index contributed by atoms with van der Waals surface area (Å²) < 4.78 is 6.28. The number of hydrogen-bond acceptors (Lipinski definition) is 1. The standard InChI is InChI=1S/C52H32O/c1-2-15-33(16-3-1)34-17-4-5-18-40(34)50-43-19-6-8-21-45(43)51(46-22-9-7-20-44(46)50)41-28-13-25-36-35(24-12-27-38(36)41)37-26-14-29-42-39(37)31-32-49-52(42)47-23-10-11-30-48(47)53-49/h1-32H. The van der Waals surface area contributed by atoms with Crippen LogP contribution in [0.5, 0.6) is 0 Å². The molecule has 1 heteroatoms. The zero-order valence-electron chi connectivity index (χ0n) is 28.9. The molecule has 0 aliphatic rings. The Kier molecular flexibility index (Phi) is 6.62. The molecule has 0 aliphatic carbocycles. The fourth-order valence-corrected chi connectivity index (χ4v) is 8.86. The molecule has 0 saturated carbocycles. The lowest BCUT2D eigenvalue weighted by Crippen LogP contribution is -1.93. The van der Waals surface area contributed by atoms with Gasteiger partial charge in [-0.25, -0.2) is 0 Å². The van der Waals surface area contributed by atoms with E-state index >= 15 is 0 Å². The predicted molar refractivity (Wildman–Crippen MR) is 225 cm³/mol. The molecule has 246 valence electrons. The first-order valence-corrected chi connectivity index (χ1v) is 18.3. The Morgan fingerprint density at radius 3 is 1.32 bits per heavy atom. The summed E-state index contributed by atoms with van der Waals surface area (Å²) in [5, 5.41) is 12.2. The third-order valence-electron chi connectivity index (χ3n) is 11.1. The van der Waals surface area contributed by atoms with E-state index in [-0.39, 0.29) is 0 Å². The molecule has 0 fully saturated rings. The number of hydrogen-bond donors (Lipinski definition) is 0. The second kappa shape index (κ2) is 11.8. The zero-order chi connectivity index (χ0) is 34.9. The SMILES string of the molecule is c1ccc(-c2ccccc2-c2c3ccccc3c(-c3cccc4c(-c5cccc6c5ccc5oc7ccccc7c56)cccc34)c3ccccc23)cc1. The molecule has 0 N–H and O–H groups in total. The Balaban J connectivity index is 1.18. The van der Waals surface area contributed by atoms with Gasteiger partial charge >= 0.3 is 0 Å². The van der Waals surface area contributed by atoms with Crippen molar-refractivity contribution in [2.45, 2.75) is 0 Å². The normalized spacial score (nSPS) is 11.8. The van der Waals surface area contributed by atoms with E-state index in [1.807, 2.05) is 6.07 Å². The minimum Gasteiger partial charge on any atom is -0.456 e. The molecule has 11 aromatic rings. The van der Waals surface area contributed by atoms with Crippen LogP contribution < -0.4 is 0 Å². The Hall–Kier alpha value is -6.96. The lowest BCUT2D eigenvalue weighted by molar-refractivity contribution is 0.669. The van der Waals surface area contributed by atoms with Crippen molar-refractivity contribution in [3.63, 3.8) is 0 Å². The third kappa shape index (κ3) is 4.51. The van der Waals surface area contributed by atoms with E-state index in [1.54, 1.807) is 0 Å². The van der Waals surface area contributed by atoms with Crippen LogP contribution >= 0.6 is 0 Å². The Labute approximate surface area is 307 Å². The van der Waals surface area contributed by atoms with Gasteiger partial charge in [0.2, 0.25) is 0 Å². The van der Waals surface area contributed by atoms with E-state index in [1.165, 1.54) is 93.0 Å². The molecule has 0 radical (unpaired) electrons. The van der Waals surface area contributed by atoms with Crippen LogP contribution in [-0.2, 0) is 0 Å². The van der Waals surface area contributed by atoms with Crippen molar-refractivity contribution < 1.29 is 4.42 Å². The molecule has 53 heavy (non-hydrogen) atoms. The van der Waals surface area contributed by atoms with Gasteiger partial charge in [-0.2, -0.15) is 0 Å². The van der Waals surface area contributed by atoms with Gasteiger partial charge in [0.05, 0.1) is 0 Å². The van der Waals surface area contributed by atoms with Crippen LogP contribution in [0.3, 0.4) is 0 Å². The maximum Gasteiger partial charge on any atom is 0.136 e. The van der Waals surface area contributed by atoms with Gasteiger partial charge in [-0.05, 0) is 99.7 Å². The number of para-hydroxylation sites is 1. The lowest BCUT2D eigenvalue weighted by atomic mass is 9.82. The minimum atomic E-state index is 0.921. The Morgan fingerprint density at radius 2 is 0.660 bits per heavy atom. The summed E-state index contributed by atoms with van der Waals surface area (Å²) >= 11 is 0. The van der Waals surface area contributed by atoms with Crippen molar-refractivity contribution in [2.24, 2.45) is 0 Å². The van der Waals surface area contributed by atoms with Crippen molar-refractivity contribution in [2.75, 3.05) is 0 Å². The van der Waals surface area contributed by atoms with Gasteiger partial charge in [-0.15, -0.1) is 0 Å². The molecule has 0 amide bonds. The van der Waals surface area contributed by atoms with Crippen LogP contribution in [0.25, 0.3) is 110 Å². The molecule has 1 aromatic heterocycles. The molecule has 0 aliphatic heterocycles. The van der Waals surface area contributed by atoms with Gasteiger partial charge in [-0.3, -0.25) is 0 Å². The molecule has 0 atom stereocenters. The van der Waals surface area contributed by atoms with Crippen LogP contribution in [0.4, 0.5) is 0 Å². The molecular formula is C52H32O. The van der Waals surface area contributed by atoms with Gasteiger partial charge in [0.1, 0.15) is 11.2 Å². The molecule has 1 nitrogen and oxygen atoms in total. The van der Waals surface area contributed by atoms with Crippen LogP contribution in [0.1, 0.15) is 0 Å². The summed E-state index contributed by atoms with van der Waals surface area (Å²) in [4.78, 5) is 0.